The van der Waals surface area contributed by atoms with Gasteiger partial charge in [-0.1, -0.05) is 27.5 Å². The topological polar surface area (TPSA) is 26.0 Å². The van der Waals surface area contributed by atoms with Crippen molar-refractivity contribution < 1.29 is 13.2 Å². The van der Waals surface area contributed by atoms with Crippen LogP contribution in [0.25, 0.3) is 0 Å². The summed E-state index contributed by atoms with van der Waals surface area (Å²) in [5.74, 6) is 0. The third-order valence-corrected chi connectivity index (χ3v) is 2.46. The zero-order valence-corrected chi connectivity index (χ0v) is 9.17. The third kappa shape index (κ3) is 2.40. The maximum absolute atomic E-state index is 12.5. The van der Waals surface area contributed by atoms with E-state index in [2.05, 4.69) is 15.9 Å². The molecule has 0 saturated heterocycles. The van der Waals surface area contributed by atoms with E-state index in [4.69, 9.17) is 17.3 Å². The molecule has 0 aliphatic rings. The van der Waals surface area contributed by atoms with Crippen LogP contribution in [0.1, 0.15) is 11.1 Å². The molecule has 6 heteroatoms. The molecule has 2 N–H and O–H groups in total. The molecule has 0 aromatic heterocycles. The third-order valence-electron chi connectivity index (χ3n) is 1.67. The van der Waals surface area contributed by atoms with Gasteiger partial charge in [0.1, 0.15) is 0 Å². The van der Waals surface area contributed by atoms with Crippen molar-refractivity contribution in [1.29, 1.82) is 0 Å². The summed E-state index contributed by atoms with van der Waals surface area (Å²) in [5, 5.41) is 0.0224. The lowest BCUT2D eigenvalue weighted by atomic mass is 10.1. The average molecular weight is 288 g/mol. The van der Waals surface area contributed by atoms with Gasteiger partial charge in [-0.3, -0.25) is 0 Å². The Morgan fingerprint density at radius 1 is 1.36 bits per heavy atom. The fourth-order valence-corrected chi connectivity index (χ4v) is 1.95. The molecule has 1 aromatic carbocycles. The molecule has 0 atom stereocenters. The van der Waals surface area contributed by atoms with Gasteiger partial charge in [-0.2, -0.15) is 13.2 Å². The number of hydrogen-bond donors (Lipinski definition) is 1. The fraction of sp³-hybridized carbons (Fsp3) is 0.250. The van der Waals surface area contributed by atoms with Gasteiger partial charge >= 0.3 is 6.18 Å². The summed E-state index contributed by atoms with van der Waals surface area (Å²) in [6.07, 6.45) is -4.43. The van der Waals surface area contributed by atoms with Crippen LogP contribution < -0.4 is 5.73 Å². The van der Waals surface area contributed by atoms with E-state index in [0.29, 0.717) is 0 Å². The lowest BCUT2D eigenvalue weighted by molar-refractivity contribution is -0.138. The van der Waals surface area contributed by atoms with Crippen molar-refractivity contribution in [2.24, 2.45) is 5.73 Å². The van der Waals surface area contributed by atoms with E-state index in [1.54, 1.807) is 0 Å². The minimum atomic E-state index is -4.43. The van der Waals surface area contributed by atoms with E-state index >= 15 is 0 Å². The van der Waals surface area contributed by atoms with Gasteiger partial charge in [-0.25, -0.2) is 0 Å². The molecule has 1 nitrogen and oxygen atoms in total. The summed E-state index contributed by atoms with van der Waals surface area (Å²) in [4.78, 5) is 0. The van der Waals surface area contributed by atoms with E-state index in [0.717, 1.165) is 6.07 Å². The molecular formula is C8H6BrClF3N. The second kappa shape index (κ2) is 4.08. The van der Waals surface area contributed by atoms with Gasteiger partial charge in [0, 0.05) is 16.0 Å². The van der Waals surface area contributed by atoms with Crippen LogP contribution >= 0.6 is 27.5 Å². The highest BCUT2D eigenvalue weighted by Crippen LogP contribution is 2.36. The molecule has 0 spiro atoms. The number of rotatable bonds is 1. The van der Waals surface area contributed by atoms with Crippen LogP contribution in [-0.4, -0.2) is 0 Å². The van der Waals surface area contributed by atoms with E-state index in [9.17, 15) is 13.2 Å². The first-order valence-electron chi connectivity index (χ1n) is 3.61. The van der Waals surface area contributed by atoms with Gasteiger partial charge in [0.25, 0.3) is 0 Å². The molecule has 0 unspecified atom stereocenters. The predicted molar refractivity (Wildman–Crippen MR) is 52.0 cm³/mol. The first-order chi connectivity index (χ1) is 6.36. The smallest absolute Gasteiger partial charge is 0.326 e. The number of alkyl halides is 3. The maximum atomic E-state index is 12.5. The summed E-state index contributed by atoms with van der Waals surface area (Å²) in [6, 6.07) is 2.35. The predicted octanol–water partition coefficient (Wildman–Crippen LogP) is 3.58. The molecular weight excluding hydrogens is 282 g/mol. The summed E-state index contributed by atoms with van der Waals surface area (Å²) in [7, 11) is 0. The lowest BCUT2D eigenvalue weighted by Crippen LogP contribution is -2.12. The van der Waals surface area contributed by atoms with Crippen molar-refractivity contribution in [3.05, 3.63) is 32.8 Å². The van der Waals surface area contributed by atoms with Crippen LogP contribution in [0.5, 0.6) is 0 Å². The summed E-state index contributed by atoms with van der Waals surface area (Å²) in [5.41, 5.74) is 4.33. The Balaban J connectivity index is 3.40. The van der Waals surface area contributed by atoms with Gasteiger partial charge < -0.3 is 5.73 Å². The highest BCUT2D eigenvalue weighted by molar-refractivity contribution is 9.10. The van der Waals surface area contributed by atoms with Crippen LogP contribution in [0.2, 0.25) is 5.02 Å². The largest absolute Gasteiger partial charge is 0.416 e. The number of benzene rings is 1. The maximum Gasteiger partial charge on any atom is 0.416 e. The standard InChI is InChI=1S/C8H6BrClF3N/c9-4-1-6(8(11,12)13)5(3-14)7(10)2-4/h1-2H,3,14H2. The number of nitrogens with two attached hydrogens (primary N) is 1. The monoisotopic (exact) mass is 287 g/mol. The minimum Gasteiger partial charge on any atom is -0.326 e. The normalized spacial score (nSPS) is 11.9. The number of halogens is 5. The Morgan fingerprint density at radius 3 is 2.36 bits per heavy atom. The van der Waals surface area contributed by atoms with Crippen LogP contribution in [0.4, 0.5) is 13.2 Å². The van der Waals surface area contributed by atoms with Gasteiger partial charge in [0.15, 0.2) is 0 Å². The average Bonchev–Trinajstić information content (AvgIpc) is 2.01. The van der Waals surface area contributed by atoms with Gasteiger partial charge in [0.2, 0.25) is 0 Å². The van der Waals surface area contributed by atoms with Crippen LogP contribution in [-0.2, 0) is 12.7 Å². The van der Waals surface area contributed by atoms with Crippen molar-refractivity contribution in [2.45, 2.75) is 12.7 Å². The molecule has 0 radical (unpaired) electrons. The second-order valence-corrected chi connectivity index (χ2v) is 3.94. The van der Waals surface area contributed by atoms with Crippen LogP contribution in [0.15, 0.2) is 16.6 Å². The molecule has 1 rings (SSSR count). The van der Waals surface area contributed by atoms with E-state index in [1.165, 1.54) is 6.07 Å². The van der Waals surface area contributed by atoms with Crippen molar-refractivity contribution >= 4 is 27.5 Å². The molecule has 0 amide bonds. The van der Waals surface area contributed by atoms with E-state index in [-0.39, 0.29) is 21.6 Å². The summed E-state index contributed by atoms with van der Waals surface area (Å²) < 4.78 is 37.7. The molecule has 0 bridgehead atoms. The molecule has 14 heavy (non-hydrogen) atoms. The molecule has 0 aliphatic heterocycles. The van der Waals surface area contributed by atoms with Crippen LogP contribution in [0.3, 0.4) is 0 Å². The quantitative estimate of drug-likeness (QED) is 0.840. The molecule has 0 saturated carbocycles. The molecule has 1 aromatic rings. The van der Waals surface area contributed by atoms with Crippen molar-refractivity contribution in [2.75, 3.05) is 0 Å². The highest BCUT2D eigenvalue weighted by atomic mass is 79.9. The van der Waals surface area contributed by atoms with Crippen molar-refractivity contribution in [1.82, 2.24) is 0 Å². The van der Waals surface area contributed by atoms with Gasteiger partial charge in [-0.05, 0) is 17.7 Å². The Morgan fingerprint density at radius 2 is 1.93 bits per heavy atom. The van der Waals surface area contributed by atoms with E-state index in [1.807, 2.05) is 0 Å². The zero-order chi connectivity index (χ0) is 10.9. The zero-order valence-electron chi connectivity index (χ0n) is 6.83. The van der Waals surface area contributed by atoms with E-state index < -0.39 is 11.7 Å². The molecule has 0 aliphatic carbocycles. The summed E-state index contributed by atoms with van der Waals surface area (Å²) in [6.45, 7) is -0.235. The second-order valence-electron chi connectivity index (χ2n) is 2.62. The van der Waals surface area contributed by atoms with Crippen molar-refractivity contribution in [3.63, 3.8) is 0 Å². The Kier molecular flexibility index (Phi) is 3.44. The molecule has 78 valence electrons. The molecule has 0 fully saturated rings. The Bertz CT molecular complexity index is 351. The Labute approximate surface area is 92.2 Å². The van der Waals surface area contributed by atoms with Gasteiger partial charge in [-0.15, -0.1) is 0 Å². The fourth-order valence-electron chi connectivity index (χ4n) is 1.06. The Hall–Kier alpha value is -0.260. The molecule has 0 heterocycles. The highest BCUT2D eigenvalue weighted by Gasteiger charge is 2.34. The SMILES string of the molecule is NCc1c(Cl)cc(Br)cc1C(F)(F)F. The van der Waals surface area contributed by atoms with Gasteiger partial charge in [0.05, 0.1) is 5.56 Å². The van der Waals surface area contributed by atoms with Crippen molar-refractivity contribution in [3.8, 4) is 0 Å². The minimum absolute atomic E-state index is 0.0224. The van der Waals surface area contributed by atoms with Crippen LogP contribution in [0, 0.1) is 0 Å². The first-order valence-corrected chi connectivity index (χ1v) is 4.78. The lowest BCUT2D eigenvalue weighted by Gasteiger charge is -2.13. The number of hydrogen-bond acceptors (Lipinski definition) is 1. The first kappa shape index (κ1) is 11.8. The summed E-state index contributed by atoms with van der Waals surface area (Å²) >= 11 is 8.57.